The van der Waals surface area contributed by atoms with Crippen LogP contribution < -0.4 is 16.2 Å². The second-order valence-electron chi connectivity index (χ2n) is 35.0. The van der Waals surface area contributed by atoms with Crippen molar-refractivity contribution in [1.29, 1.82) is 0 Å². The Kier molecular flexibility index (Phi) is 25.1. The minimum Gasteiger partial charge on any atom is -0.494 e. The van der Waals surface area contributed by atoms with E-state index < -0.39 is 39.3 Å². The van der Waals surface area contributed by atoms with Crippen LogP contribution in [0.25, 0.3) is 66.2 Å². The summed E-state index contributed by atoms with van der Waals surface area (Å²) in [5, 5.41) is 31.5. The van der Waals surface area contributed by atoms with Crippen LogP contribution in [0.4, 0.5) is 11.6 Å². The first kappa shape index (κ1) is 89.1. The summed E-state index contributed by atoms with van der Waals surface area (Å²) in [6, 6.07) is 68.0. The van der Waals surface area contributed by atoms with Gasteiger partial charge in [-0.05, 0) is 157 Å². The van der Waals surface area contributed by atoms with Gasteiger partial charge in [0.15, 0.2) is 45.2 Å². The molecule has 0 atom stereocenters. The highest BCUT2D eigenvalue weighted by molar-refractivity contribution is 7.91. The molecule has 0 unspecified atom stereocenters. The van der Waals surface area contributed by atoms with E-state index in [0.29, 0.717) is 82.6 Å². The summed E-state index contributed by atoms with van der Waals surface area (Å²) < 4.78 is 118. The number of sulfone groups is 4. The van der Waals surface area contributed by atoms with E-state index >= 15 is 0 Å². The number of rotatable bonds is 17. The minimum absolute atomic E-state index is 0.0343. The molecule has 0 amide bonds. The van der Waals surface area contributed by atoms with Crippen molar-refractivity contribution < 1.29 is 38.4 Å². The van der Waals surface area contributed by atoms with Crippen LogP contribution in [0.3, 0.4) is 0 Å². The number of hydrogen-bond donors (Lipinski definition) is 2. The van der Waals surface area contributed by atoms with Gasteiger partial charge >= 0.3 is 0 Å². The maximum Gasteiger partial charge on any atom is 0.184 e. The van der Waals surface area contributed by atoms with E-state index in [0.717, 1.165) is 88.4 Å². The number of ether oxygens (including phenoxy) is 1. The number of methoxy groups -OCH3 is 1. The van der Waals surface area contributed by atoms with Crippen molar-refractivity contribution >= 4 is 94.3 Å². The third-order valence-electron chi connectivity index (χ3n) is 21.2. The molecule has 640 valence electrons. The fourth-order valence-corrected chi connectivity index (χ4v) is 19.8. The lowest BCUT2D eigenvalue weighted by molar-refractivity contribution is 0.418. The molecule has 0 aliphatic carbocycles. The third kappa shape index (κ3) is 20.0. The maximum atomic E-state index is 13.2. The van der Waals surface area contributed by atoms with E-state index in [1.165, 1.54) is 0 Å². The average Bonchev–Trinajstić information content (AvgIpc) is 1.59. The first-order chi connectivity index (χ1) is 58.3. The summed E-state index contributed by atoms with van der Waals surface area (Å²) in [5.74, 6) is 1.35. The molecule has 0 saturated heterocycles. The molecule has 28 heteroatoms. The van der Waals surface area contributed by atoms with Crippen molar-refractivity contribution in [3.8, 4) is 28.6 Å². The van der Waals surface area contributed by atoms with Gasteiger partial charge in [0.1, 0.15) is 17.4 Å². The number of nitrogens with two attached hydrogens (primary N) is 2. The zero-order valence-electron chi connectivity index (χ0n) is 72.7. The number of nitrogen functional groups attached to an aromatic ring is 2. The molecule has 16 aromatic rings. The summed E-state index contributed by atoms with van der Waals surface area (Å²) in [7, 11) is -12.6. The topological polar surface area (TPSA) is 334 Å². The molecule has 16 rings (SSSR count). The van der Waals surface area contributed by atoms with E-state index in [4.69, 9.17) is 16.2 Å². The van der Waals surface area contributed by atoms with Gasteiger partial charge in [-0.3, -0.25) is 0 Å². The largest absolute Gasteiger partial charge is 0.494 e. The highest BCUT2D eigenvalue weighted by atomic mass is 32.2. The molecule has 8 heterocycles. The van der Waals surface area contributed by atoms with Crippen LogP contribution in [0.2, 0.25) is 0 Å². The van der Waals surface area contributed by atoms with E-state index in [1.807, 2.05) is 173 Å². The van der Waals surface area contributed by atoms with Crippen molar-refractivity contribution in [3.63, 3.8) is 0 Å². The van der Waals surface area contributed by atoms with Crippen LogP contribution in [0, 0.1) is 27.7 Å². The van der Waals surface area contributed by atoms with Crippen LogP contribution in [0.1, 0.15) is 151 Å². The lowest BCUT2D eigenvalue weighted by atomic mass is 9.87. The lowest BCUT2D eigenvalue weighted by Gasteiger charge is -2.19. The molecule has 8 aromatic heterocycles. The Balaban J connectivity index is 0.000000142. The molecular weight excluding hydrogens is 1640 g/mol. The van der Waals surface area contributed by atoms with Crippen LogP contribution in [-0.2, 0) is 84.0 Å². The first-order valence-corrected chi connectivity index (χ1v) is 46.9. The predicted molar refractivity (Wildman–Crippen MR) is 492 cm³/mol. The number of pyridine rings is 3. The van der Waals surface area contributed by atoms with E-state index in [-0.39, 0.29) is 44.7 Å². The molecule has 0 fully saturated rings. The second kappa shape index (κ2) is 34.9. The van der Waals surface area contributed by atoms with E-state index in [1.54, 1.807) is 123 Å². The van der Waals surface area contributed by atoms with Gasteiger partial charge in [-0.15, -0.1) is 0 Å². The monoisotopic (exact) mass is 1740 g/mol. The van der Waals surface area contributed by atoms with E-state index in [2.05, 4.69) is 129 Å². The highest BCUT2D eigenvalue weighted by Crippen LogP contribution is 2.36. The summed E-state index contributed by atoms with van der Waals surface area (Å²) in [4.78, 5) is 14.4. The van der Waals surface area contributed by atoms with Crippen molar-refractivity contribution in [2.75, 3.05) is 18.6 Å². The van der Waals surface area contributed by atoms with Gasteiger partial charge in [0, 0.05) is 38.4 Å². The number of anilines is 2. The van der Waals surface area contributed by atoms with E-state index in [9.17, 15) is 33.7 Å². The number of fused-ring (bicyclic) bond motifs is 4. The molecule has 4 N–H and O–H groups in total. The van der Waals surface area contributed by atoms with Gasteiger partial charge in [0.25, 0.3) is 0 Å². The number of benzene rings is 8. The number of aromatic nitrogens is 13. The Morgan fingerprint density at radius 2 is 0.645 bits per heavy atom. The molecule has 0 bridgehead atoms. The number of nitrogens with zero attached hydrogens (tertiary/aromatic N) is 13. The molecular formula is C96H103N15O9S4. The third-order valence-corrected chi connectivity index (χ3v) is 27.8. The van der Waals surface area contributed by atoms with Gasteiger partial charge in [0.2, 0.25) is 0 Å². The van der Waals surface area contributed by atoms with Gasteiger partial charge in [0.05, 0.1) is 142 Å². The summed E-state index contributed by atoms with van der Waals surface area (Å²) in [5.41, 5.74) is 25.1. The summed E-state index contributed by atoms with van der Waals surface area (Å²) >= 11 is 0. The number of hydrogen-bond acceptors (Lipinski definition) is 20. The molecule has 124 heavy (non-hydrogen) atoms. The lowest BCUT2D eigenvalue weighted by Crippen LogP contribution is -2.13. The van der Waals surface area contributed by atoms with Crippen molar-refractivity contribution in [1.82, 2.24) is 64.3 Å². The standard InChI is InChI=1S/C25H27N3O3S.2C24H26N4O2S.C23H24N4O2S/c1-17-14-19(16-32(29,30)20-12-10-18(11-13-20)25(2,3)4)28(27-17)24-22-9-7-6-8-21(22)23(31-5)15-26-24;1-16-13-18(15-31(29,30)19-11-9-17(10-12-19)24(2,3)4)28(27-16)22-14-26-23(25)21-8-6-5-7-20(21)22;1-16-13-18(15-31(29,30)19-11-9-17(10-12-19)24(2,3)4)28(27-16)22-14-23(25)26-21-8-6-5-7-20(21)22;1-16-13-18(15-30(28,29)19-11-9-17(10-12-19)23(2,3)4)27(26-16)22-14-24-25-21-8-6-5-7-20(21)22/h6-15H,16H2,1-5H3;2*5-14H,15H2,1-4H3,(H2,25,26);5-14H,15H2,1-4H3. The van der Waals surface area contributed by atoms with Gasteiger partial charge in [-0.2, -0.15) is 30.6 Å². The Morgan fingerprint density at radius 3 is 1.03 bits per heavy atom. The Labute approximate surface area is 725 Å². The second-order valence-corrected chi connectivity index (χ2v) is 42.9. The normalized spacial score (nSPS) is 12.4. The highest BCUT2D eigenvalue weighted by Gasteiger charge is 2.29. The first-order valence-electron chi connectivity index (χ1n) is 40.3. The van der Waals surface area contributed by atoms with Crippen molar-refractivity contribution in [2.24, 2.45) is 0 Å². The fraction of sp³-hybridized carbons (Fsp3) is 0.260. The molecule has 0 saturated carbocycles. The zero-order valence-corrected chi connectivity index (χ0v) is 76.0. The predicted octanol–water partition coefficient (Wildman–Crippen LogP) is 18.6. The summed E-state index contributed by atoms with van der Waals surface area (Å²) in [6.45, 7) is 32.6. The fourth-order valence-electron chi connectivity index (χ4n) is 14.6. The van der Waals surface area contributed by atoms with Crippen molar-refractivity contribution in [2.45, 2.75) is 175 Å². The minimum atomic E-state index is -3.57. The quantitative estimate of drug-likeness (QED) is 0.0855. The molecule has 0 aliphatic rings. The van der Waals surface area contributed by atoms with Crippen LogP contribution in [-0.4, -0.2) is 105 Å². The van der Waals surface area contributed by atoms with Gasteiger partial charge in [-0.1, -0.05) is 217 Å². The van der Waals surface area contributed by atoms with Gasteiger partial charge in [-0.25, -0.2) is 67.4 Å². The maximum absolute atomic E-state index is 13.2. The molecule has 8 aromatic carbocycles. The SMILES string of the molecule is COc1cnc(-n2nc(C)cc2CS(=O)(=O)c2ccc(C(C)(C)C)cc2)c2ccccc12.Cc1cc(CS(=O)(=O)c2ccc(C(C)(C)C)cc2)n(-c2cc(N)nc3ccccc23)n1.Cc1cc(CS(=O)(=O)c2ccc(C(C)(C)C)cc2)n(-c2cnc(N)c3ccccc23)n1.Cc1cc(CS(=O)(=O)c2ccc(C(C)(C)C)cc2)n(-c2cnnc3ccccc23)n1. The van der Waals surface area contributed by atoms with Crippen LogP contribution in [0.5, 0.6) is 5.75 Å². The number of aryl methyl sites for hydroxylation is 4. The van der Waals surface area contributed by atoms with Crippen LogP contribution >= 0.6 is 0 Å². The molecule has 0 radical (unpaired) electrons. The Bertz CT molecular complexity index is 7140. The molecule has 24 nitrogen and oxygen atoms in total. The Morgan fingerprint density at radius 1 is 0.331 bits per heavy atom. The van der Waals surface area contributed by atoms with Crippen LogP contribution in [0.15, 0.2) is 263 Å². The average molecular weight is 1740 g/mol. The molecule has 0 aliphatic heterocycles. The smallest absolute Gasteiger partial charge is 0.184 e. The zero-order chi connectivity index (χ0) is 89.4. The summed E-state index contributed by atoms with van der Waals surface area (Å²) in [6.07, 6.45) is 4.89. The van der Waals surface area contributed by atoms with Gasteiger partial charge < -0.3 is 16.2 Å². The van der Waals surface area contributed by atoms with Crippen molar-refractivity contribution in [3.05, 3.63) is 311 Å². The number of para-hydroxylation sites is 1. The Hall–Kier alpha value is -12.6. The molecule has 0 spiro atoms.